The highest BCUT2D eigenvalue weighted by atomic mass is 19.1. The first-order valence-corrected chi connectivity index (χ1v) is 12.0. The van der Waals surface area contributed by atoms with E-state index in [0.29, 0.717) is 37.1 Å². The number of aliphatic hydroxyl groups excluding tert-OH is 1. The van der Waals surface area contributed by atoms with Crippen LogP contribution in [0.2, 0.25) is 0 Å². The van der Waals surface area contributed by atoms with Crippen LogP contribution in [0, 0.1) is 12.7 Å². The number of aromatic nitrogens is 2. The van der Waals surface area contributed by atoms with Crippen LogP contribution in [0.1, 0.15) is 60.9 Å². The van der Waals surface area contributed by atoms with Crippen molar-refractivity contribution in [1.29, 1.82) is 0 Å². The predicted octanol–water partition coefficient (Wildman–Crippen LogP) is 2.38. The van der Waals surface area contributed by atoms with Crippen LogP contribution < -0.4 is 10.6 Å². The van der Waals surface area contributed by atoms with Crippen molar-refractivity contribution in [2.75, 3.05) is 13.1 Å². The Balaban J connectivity index is 1.30. The van der Waals surface area contributed by atoms with Crippen molar-refractivity contribution >= 4 is 17.7 Å². The monoisotopic (exact) mass is 505 g/mol. The van der Waals surface area contributed by atoms with Gasteiger partial charge in [-0.1, -0.05) is 24.3 Å². The maximum Gasteiger partial charge on any atom is 0.270 e. The Morgan fingerprint density at radius 1 is 0.919 bits per heavy atom. The van der Waals surface area contributed by atoms with Gasteiger partial charge in [0.2, 0.25) is 0 Å². The Kier molecular flexibility index (Phi) is 8.19. The van der Waals surface area contributed by atoms with E-state index in [9.17, 15) is 23.9 Å². The number of rotatable bonds is 7. The number of amides is 3. The molecule has 1 aromatic heterocycles. The molecule has 1 fully saturated rings. The van der Waals surface area contributed by atoms with E-state index in [0.717, 1.165) is 17.5 Å². The number of nitrogens with zero attached hydrogens (tertiary/aromatic N) is 3. The minimum atomic E-state index is -0.484. The molecule has 0 radical (unpaired) electrons. The fraction of sp³-hybridized carbons (Fsp3) is 0.296. The van der Waals surface area contributed by atoms with Crippen LogP contribution in [0.5, 0.6) is 0 Å². The smallest absolute Gasteiger partial charge is 0.270 e. The van der Waals surface area contributed by atoms with Gasteiger partial charge in [-0.05, 0) is 54.7 Å². The summed E-state index contributed by atoms with van der Waals surface area (Å²) in [5.74, 6) is -1.35. The van der Waals surface area contributed by atoms with Gasteiger partial charge in [0.15, 0.2) is 0 Å². The second-order valence-corrected chi connectivity index (χ2v) is 8.96. The maximum atomic E-state index is 13.4. The lowest BCUT2D eigenvalue weighted by atomic mass is 10.1. The number of likely N-dealkylation sites (tertiary alicyclic amines) is 1. The molecular formula is C27H28FN5O4. The Bertz CT molecular complexity index is 1290. The summed E-state index contributed by atoms with van der Waals surface area (Å²) in [7, 11) is 0. The van der Waals surface area contributed by atoms with Gasteiger partial charge in [-0.25, -0.2) is 14.4 Å². The topological polar surface area (TPSA) is 125 Å². The number of hydrogen-bond donors (Lipinski definition) is 3. The summed E-state index contributed by atoms with van der Waals surface area (Å²) in [6, 6.07) is 12.8. The number of carbonyl (C=O) groups excluding carboxylic acids is 3. The van der Waals surface area contributed by atoms with Gasteiger partial charge in [0, 0.05) is 37.8 Å². The molecule has 3 amide bonds. The Morgan fingerprint density at radius 2 is 1.49 bits per heavy atom. The molecule has 1 saturated heterocycles. The van der Waals surface area contributed by atoms with Gasteiger partial charge < -0.3 is 20.6 Å². The molecule has 1 aliphatic heterocycles. The van der Waals surface area contributed by atoms with E-state index in [1.807, 2.05) is 0 Å². The summed E-state index contributed by atoms with van der Waals surface area (Å²) in [6.45, 7) is 3.10. The quantitative estimate of drug-likeness (QED) is 0.453. The zero-order valence-corrected chi connectivity index (χ0v) is 20.4. The first-order chi connectivity index (χ1) is 17.8. The Morgan fingerprint density at radius 3 is 2.08 bits per heavy atom. The van der Waals surface area contributed by atoms with Crippen LogP contribution in [0.25, 0.3) is 0 Å². The van der Waals surface area contributed by atoms with Crippen LogP contribution in [0.4, 0.5) is 4.39 Å². The van der Waals surface area contributed by atoms with E-state index in [1.165, 1.54) is 12.1 Å². The molecule has 0 unspecified atom stereocenters. The number of halogens is 1. The summed E-state index contributed by atoms with van der Waals surface area (Å²) in [5.41, 5.74) is 2.64. The fourth-order valence-electron chi connectivity index (χ4n) is 3.98. The van der Waals surface area contributed by atoms with Gasteiger partial charge >= 0.3 is 0 Å². The van der Waals surface area contributed by atoms with Gasteiger partial charge in [-0.3, -0.25) is 14.4 Å². The molecule has 0 atom stereocenters. The number of piperidine rings is 1. The van der Waals surface area contributed by atoms with E-state index in [4.69, 9.17) is 0 Å². The van der Waals surface area contributed by atoms with E-state index in [-0.39, 0.29) is 42.3 Å². The average molecular weight is 506 g/mol. The fourth-order valence-corrected chi connectivity index (χ4v) is 3.98. The van der Waals surface area contributed by atoms with E-state index < -0.39 is 11.8 Å². The van der Waals surface area contributed by atoms with Gasteiger partial charge in [0.1, 0.15) is 23.5 Å². The molecule has 192 valence electrons. The van der Waals surface area contributed by atoms with Crippen molar-refractivity contribution in [3.8, 4) is 0 Å². The predicted molar refractivity (Wildman–Crippen MR) is 133 cm³/mol. The van der Waals surface area contributed by atoms with Crippen molar-refractivity contribution < 1.29 is 23.9 Å². The normalized spacial score (nSPS) is 13.8. The molecule has 3 aromatic rings. The molecule has 37 heavy (non-hydrogen) atoms. The minimum absolute atomic E-state index is 0.0343. The third-order valence-corrected chi connectivity index (χ3v) is 6.21. The Hall–Kier alpha value is -4.18. The highest BCUT2D eigenvalue weighted by molar-refractivity contribution is 5.97. The number of nitrogens with one attached hydrogen (secondary N) is 2. The van der Waals surface area contributed by atoms with Crippen LogP contribution in [0.15, 0.2) is 54.9 Å². The molecule has 10 heteroatoms. The van der Waals surface area contributed by atoms with Gasteiger partial charge in [0.25, 0.3) is 17.7 Å². The molecule has 0 saturated carbocycles. The summed E-state index contributed by atoms with van der Waals surface area (Å²) >= 11 is 0. The minimum Gasteiger partial charge on any atom is -0.393 e. The molecular weight excluding hydrogens is 477 g/mol. The zero-order chi connectivity index (χ0) is 26.4. The third kappa shape index (κ3) is 6.73. The molecule has 4 rings (SSSR count). The lowest BCUT2D eigenvalue weighted by molar-refractivity contribution is 0.0546. The number of hydrogen-bond acceptors (Lipinski definition) is 6. The van der Waals surface area contributed by atoms with Crippen molar-refractivity contribution in [1.82, 2.24) is 25.5 Å². The van der Waals surface area contributed by atoms with E-state index in [2.05, 4.69) is 20.6 Å². The second kappa shape index (κ2) is 11.7. The van der Waals surface area contributed by atoms with Crippen LogP contribution in [-0.2, 0) is 13.1 Å². The summed E-state index contributed by atoms with van der Waals surface area (Å²) in [4.78, 5) is 47.3. The molecule has 0 spiro atoms. The molecule has 2 heterocycles. The van der Waals surface area contributed by atoms with Crippen LogP contribution in [0.3, 0.4) is 0 Å². The van der Waals surface area contributed by atoms with E-state index >= 15 is 0 Å². The number of carbonyl (C=O) groups is 3. The highest BCUT2D eigenvalue weighted by Gasteiger charge is 2.22. The van der Waals surface area contributed by atoms with Gasteiger partial charge in [0.05, 0.1) is 6.10 Å². The molecule has 2 aromatic carbocycles. The standard InChI is InChI=1S/C27H28FN5O4/c1-17-12-19(4-7-22(17)28)15-30-26(36)24-13-23(31-16-32-24)25(35)29-14-18-2-5-20(6-3-18)27(37)33-10-8-21(34)9-11-33/h2-7,12-13,16,21,34H,8-11,14-15H2,1H3,(H,29,35)(H,30,36). The summed E-state index contributed by atoms with van der Waals surface area (Å²) in [5, 5.41) is 15.1. The van der Waals surface area contributed by atoms with Gasteiger partial charge in [-0.2, -0.15) is 0 Å². The third-order valence-electron chi connectivity index (χ3n) is 6.21. The molecule has 0 aliphatic carbocycles. The van der Waals surface area contributed by atoms with Crippen molar-refractivity contribution in [2.24, 2.45) is 0 Å². The highest BCUT2D eigenvalue weighted by Crippen LogP contribution is 2.15. The number of aliphatic hydroxyl groups is 1. The SMILES string of the molecule is Cc1cc(CNC(=O)c2cc(C(=O)NCc3ccc(C(=O)N4CCC(O)CC4)cc3)ncn2)ccc1F. The van der Waals surface area contributed by atoms with E-state index in [1.54, 1.807) is 48.2 Å². The largest absolute Gasteiger partial charge is 0.393 e. The van der Waals surface area contributed by atoms with Gasteiger partial charge in [-0.15, -0.1) is 0 Å². The number of benzene rings is 2. The molecule has 3 N–H and O–H groups in total. The van der Waals surface area contributed by atoms with Crippen molar-refractivity contribution in [2.45, 2.75) is 39.0 Å². The summed E-state index contributed by atoms with van der Waals surface area (Å²) < 4.78 is 13.4. The average Bonchev–Trinajstić information content (AvgIpc) is 2.92. The van der Waals surface area contributed by atoms with Crippen molar-refractivity contribution in [3.63, 3.8) is 0 Å². The second-order valence-electron chi connectivity index (χ2n) is 8.96. The lowest BCUT2D eigenvalue weighted by Crippen LogP contribution is -2.40. The van der Waals surface area contributed by atoms with Crippen LogP contribution >= 0.6 is 0 Å². The molecule has 9 nitrogen and oxygen atoms in total. The first kappa shape index (κ1) is 25.9. The maximum absolute atomic E-state index is 13.4. The lowest BCUT2D eigenvalue weighted by Gasteiger charge is -2.29. The Labute approximate surface area is 213 Å². The molecule has 0 bridgehead atoms. The summed E-state index contributed by atoms with van der Waals surface area (Å²) in [6.07, 6.45) is 1.96. The first-order valence-electron chi connectivity index (χ1n) is 12.0. The van der Waals surface area contributed by atoms with Crippen molar-refractivity contribution in [3.05, 3.63) is 94.3 Å². The number of aryl methyl sites for hydroxylation is 1. The molecule has 1 aliphatic rings. The zero-order valence-electron chi connectivity index (χ0n) is 20.4. The van der Waals surface area contributed by atoms with Crippen LogP contribution in [-0.4, -0.2) is 56.9 Å².